The summed E-state index contributed by atoms with van der Waals surface area (Å²) < 4.78 is 7.67. The summed E-state index contributed by atoms with van der Waals surface area (Å²) in [6.45, 7) is 3.14. The highest BCUT2D eigenvalue weighted by Crippen LogP contribution is 2.30. The average Bonchev–Trinajstić information content (AvgIpc) is 3.11. The van der Waals surface area contributed by atoms with E-state index in [0.29, 0.717) is 11.3 Å². The van der Waals surface area contributed by atoms with E-state index in [1.54, 1.807) is 7.11 Å². The highest BCUT2D eigenvalue weighted by Gasteiger charge is 2.19. The topological polar surface area (TPSA) is 31.2 Å². The molecule has 0 fully saturated rings. The largest absolute Gasteiger partial charge is 0.497 e. The summed E-state index contributed by atoms with van der Waals surface area (Å²) in [6, 6.07) is 20.0. The van der Waals surface area contributed by atoms with Gasteiger partial charge in [0.05, 0.1) is 7.11 Å². The summed E-state index contributed by atoms with van der Waals surface area (Å²) in [5.74, 6) is 0.745. The lowest BCUT2D eigenvalue weighted by molar-refractivity contribution is 0.104. The Morgan fingerprint density at radius 1 is 0.929 bits per heavy atom. The van der Waals surface area contributed by atoms with Gasteiger partial charge in [-0.25, -0.2) is 0 Å². The third-order valence-electron chi connectivity index (χ3n) is 5.35. The van der Waals surface area contributed by atoms with E-state index >= 15 is 0 Å². The molecular weight excluding hydrogens is 346 g/mol. The molecule has 0 atom stereocenters. The van der Waals surface area contributed by atoms with E-state index in [9.17, 15) is 4.79 Å². The fourth-order valence-corrected chi connectivity index (χ4v) is 3.88. The molecule has 3 heteroatoms. The summed E-state index contributed by atoms with van der Waals surface area (Å²) in [5, 5.41) is 2.98. The number of ether oxygens (including phenoxy) is 1. The molecule has 4 rings (SSSR count). The summed E-state index contributed by atoms with van der Waals surface area (Å²) >= 11 is 0. The molecule has 142 valence electrons. The van der Waals surface area contributed by atoms with E-state index in [1.165, 1.54) is 12.8 Å². The van der Waals surface area contributed by atoms with Gasteiger partial charge in [-0.15, -0.1) is 0 Å². The Bertz CT molecular complexity index is 1140. The van der Waals surface area contributed by atoms with Gasteiger partial charge in [0.15, 0.2) is 5.78 Å². The highest BCUT2D eigenvalue weighted by molar-refractivity contribution is 6.21. The molecule has 0 bridgehead atoms. The summed E-state index contributed by atoms with van der Waals surface area (Å²) in [5.41, 5.74) is 2.56. The third-order valence-corrected chi connectivity index (χ3v) is 5.35. The van der Waals surface area contributed by atoms with E-state index in [-0.39, 0.29) is 5.78 Å². The number of rotatable bonds is 7. The molecular formula is C25H25NO2. The number of carbonyl (C=O) groups excluding carboxylic acids is 1. The van der Waals surface area contributed by atoms with Crippen LogP contribution in [0.3, 0.4) is 0 Å². The van der Waals surface area contributed by atoms with E-state index in [4.69, 9.17) is 4.74 Å². The lowest BCUT2D eigenvalue weighted by Gasteiger charge is -2.09. The second-order valence-electron chi connectivity index (χ2n) is 7.19. The molecule has 0 aliphatic heterocycles. The molecule has 0 N–H and O–H groups in total. The van der Waals surface area contributed by atoms with Gasteiger partial charge in [-0.05, 0) is 35.4 Å². The second-order valence-corrected chi connectivity index (χ2v) is 7.19. The molecule has 28 heavy (non-hydrogen) atoms. The summed E-state index contributed by atoms with van der Waals surface area (Å²) in [4.78, 5) is 13.6. The van der Waals surface area contributed by atoms with E-state index in [0.717, 1.165) is 40.2 Å². The van der Waals surface area contributed by atoms with Crippen molar-refractivity contribution in [1.82, 2.24) is 4.57 Å². The molecule has 3 nitrogen and oxygen atoms in total. The molecule has 1 heterocycles. The molecule has 4 aromatic rings. The van der Waals surface area contributed by atoms with Crippen LogP contribution in [0.25, 0.3) is 21.7 Å². The zero-order valence-electron chi connectivity index (χ0n) is 16.4. The number of hydrogen-bond acceptors (Lipinski definition) is 2. The predicted molar refractivity (Wildman–Crippen MR) is 115 cm³/mol. The van der Waals surface area contributed by atoms with Crippen molar-refractivity contribution < 1.29 is 9.53 Å². The van der Waals surface area contributed by atoms with Gasteiger partial charge in [0.25, 0.3) is 0 Å². The molecule has 0 unspecified atom stereocenters. The third kappa shape index (κ3) is 3.29. The number of ketones is 1. The number of para-hydroxylation sites is 1. The van der Waals surface area contributed by atoms with Crippen LogP contribution < -0.4 is 4.74 Å². The van der Waals surface area contributed by atoms with Crippen LogP contribution in [0.2, 0.25) is 0 Å². The zero-order chi connectivity index (χ0) is 19.5. The van der Waals surface area contributed by atoms with Gasteiger partial charge in [-0.3, -0.25) is 4.79 Å². The van der Waals surface area contributed by atoms with Gasteiger partial charge < -0.3 is 9.30 Å². The summed E-state index contributed by atoms with van der Waals surface area (Å²) in [7, 11) is 1.64. The van der Waals surface area contributed by atoms with Crippen molar-refractivity contribution in [2.45, 2.75) is 32.7 Å². The zero-order valence-corrected chi connectivity index (χ0v) is 16.4. The Labute approximate surface area is 165 Å². The quantitative estimate of drug-likeness (QED) is 0.285. The van der Waals surface area contributed by atoms with Crippen LogP contribution in [0.4, 0.5) is 0 Å². The van der Waals surface area contributed by atoms with Crippen LogP contribution in [0, 0.1) is 0 Å². The first-order valence-corrected chi connectivity index (χ1v) is 9.92. The second kappa shape index (κ2) is 7.89. The molecule has 0 saturated heterocycles. The van der Waals surface area contributed by atoms with Crippen LogP contribution in [-0.4, -0.2) is 17.5 Å². The Morgan fingerprint density at radius 2 is 1.68 bits per heavy atom. The maximum absolute atomic E-state index is 13.6. The average molecular weight is 371 g/mol. The van der Waals surface area contributed by atoms with E-state index in [2.05, 4.69) is 17.6 Å². The van der Waals surface area contributed by atoms with Crippen LogP contribution in [0.15, 0.2) is 66.9 Å². The van der Waals surface area contributed by atoms with Gasteiger partial charge in [-0.2, -0.15) is 0 Å². The highest BCUT2D eigenvalue weighted by atomic mass is 16.5. The van der Waals surface area contributed by atoms with E-state index in [1.807, 2.05) is 60.8 Å². The van der Waals surface area contributed by atoms with Crippen molar-refractivity contribution in [3.05, 3.63) is 78.0 Å². The van der Waals surface area contributed by atoms with Crippen LogP contribution >= 0.6 is 0 Å². The van der Waals surface area contributed by atoms with Gasteiger partial charge in [0.1, 0.15) is 5.75 Å². The van der Waals surface area contributed by atoms with Crippen molar-refractivity contribution in [3.8, 4) is 5.75 Å². The molecule has 0 radical (unpaired) electrons. The van der Waals surface area contributed by atoms with Crippen LogP contribution in [0.1, 0.15) is 42.1 Å². The van der Waals surface area contributed by atoms with Crippen molar-refractivity contribution in [3.63, 3.8) is 0 Å². The number of benzene rings is 3. The molecule has 1 aromatic heterocycles. The summed E-state index contributed by atoms with van der Waals surface area (Å²) in [6.07, 6.45) is 5.51. The van der Waals surface area contributed by atoms with Crippen LogP contribution in [-0.2, 0) is 6.54 Å². The minimum absolute atomic E-state index is 0.0422. The minimum atomic E-state index is 0.0422. The van der Waals surface area contributed by atoms with Crippen molar-refractivity contribution in [2.24, 2.45) is 0 Å². The number of fused-ring (bicyclic) bond motifs is 2. The number of unbranched alkanes of at least 4 members (excludes halogenated alkanes) is 2. The number of nitrogens with zero attached hydrogens (tertiary/aromatic N) is 1. The normalized spacial score (nSPS) is 11.2. The maximum atomic E-state index is 13.6. The smallest absolute Gasteiger partial charge is 0.195 e. The van der Waals surface area contributed by atoms with Crippen molar-refractivity contribution in [2.75, 3.05) is 7.11 Å². The molecule has 3 aromatic carbocycles. The fraction of sp³-hybridized carbons (Fsp3) is 0.240. The van der Waals surface area contributed by atoms with Crippen molar-refractivity contribution >= 4 is 27.5 Å². The Kier molecular flexibility index (Phi) is 5.16. The molecule has 0 aliphatic rings. The Balaban J connectivity index is 1.85. The number of aromatic nitrogens is 1. The van der Waals surface area contributed by atoms with Gasteiger partial charge in [-0.1, -0.05) is 62.2 Å². The first kappa shape index (κ1) is 18.3. The molecule has 0 spiro atoms. The molecule has 0 amide bonds. The van der Waals surface area contributed by atoms with Crippen LogP contribution in [0.5, 0.6) is 5.75 Å². The molecule has 0 aliphatic carbocycles. The first-order valence-electron chi connectivity index (χ1n) is 9.92. The Hall–Kier alpha value is -3.07. The predicted octanol–water partition coefficient (Wildman–Crippen LogP) is 6.22. The number of methoxy groups -OCH3 is 1. The SMILES string of the molecule is CCCCCn1cc(C(=O)c2cc(OC)cc3ccccc23)c2ccccc21. The number of hydrogen-bond donors (Lipinski definition) is 0. The monoisotopic (exact) mass is 371 g/mol. The number of carbonyl (C=O) groups is 1. The lowest BCUT2D eigenvalue weighted by atomic mass is 9.96. The van der Waals surface area contributed by atoms with E-state index < -0.39 is 0 Å². The fourth-order valence-electron chi connectivity index (χ4n) is 3.88. The first-order chi connectivity index (χ1) is 13.7. The minimum Gasteiger partial charge on any atom is -0.497 e. The standard InChI is InChI=1S/C25H25NO2/c1-3-4-9-14-26-17-23(21-12-7-8-13-24(21)26)25(27)22-16-19(28-2)15-18-10-5-6-11-20(18)22/h5-8,10-13,15-17H,3-4,9,14H2,1-2H3. The van der Waals surface area contributed by atoms with Gasteiger partial charge in [0, 0.05) is 34.8 Å². The number of aryl methyl sites for hydroxylation is 1. The maximum Gasteiger partial charge on any atom is 0.195 e. The van der Waals surface area contributed by atoms with Crippen molar-refractivity contribution in [1.29, 1.82) is 0 Å². The molecule has 0 saturated carbocycles. The van der Waals surface area contributed by atoms with Gasteiger partial charge in [0.2, 0.25) is 0 Å². The lowest BCUT2D eigenvalue weighted by Crippen LogP contribution is -2.03. The van der Waals surface area contributed by atoms with Gasteiger partial charge >= 0.3 is 0 Å². The Morgan fingerprint density at radius 3 is 2.46 bits per heavy atom.